The minimum atomic E-state index is -2.84. The van der Waals surface area contributed by atoms with Crippen molar-refractivity contribution in [2.24, 2.45) is 4.99 Å². The molecule has 2 rings (SSSR count). The molecule has 7 nitrogen and oxygen atoms in total. The van der Waals surface area contributed by atoms with E-state index in [2.05, 4.69) is 20.5 Å². The van der Waals surface area contributed by atoms with Gasteiger partial charge in [-0.25, -0.2) is 12.8 Å². The first-order chi connectivity index (χ1) is 12.4. The summed E-state index contributed by atoms with van der Waals surface area (Å²) in [5.74, 6) is 1.27. The second-order valence-corrected chi connectivity index (χ2v) is 8.56. The quantitative estimate of drug-likeness (QED) is 0.323. The molecule has 154 valence electrons. The molecule has 1 atom stereocenters. The van der Waals surface area contributed by atoms with E-state index < -0.39 is 9.84 Å². The fourth-order valence-electron chi connectivity index (χ4n) is 2.58. The van der Waals surface area contributed by atoms with Crippen LogP contribution in [0.2, 0.25) is 0 Å². The van der Waals surface area contributed by atoms with E-state index in [-0.39, 0.29) is 47.4 Å². The van der Waals surface area contributed by atoms with E-state index >= 15 is 0 Å². The summed E-state index contributed by atoms with van der Waals surface area (Å²) in [7, 11) is -1.16. The normalized spacial score (nSPS) is 18.3. The molecule has 2 N–H and O–H groups in total. The number of aliphatic imine (C=N–C) groups is 1. The van der Waals surface area contributed by atoms with Crippen molar-refractivity contribution < 1.29 is 17.5 Å². The standard InChI is InChI=1S/C17H27FN4O3S.HI/c1-14(25-16-5-3-4-15(18)12-16)13-21-17(19-2)20-6-7-22-8-10-26(23,24)11-9-22;/h3-5,12,14H,6-11,13H2,1-2H3,(H2,19,20,21);1H. The Morgan fingerprint density at radius 1 is 1.33 bits per heavy atom. The van der Waals surface area contributed by atoms with Crippen LogP contribution in [-0.4, -0.2) is 76.7 Å². The molecule has 1 aliphatic heterocycles. The summed E-state index contributed by atoms with van der Waals surface area (Å²) in [5.41, 5.74) is 0. The number of sulfone groups is 1. The van der Waals surface area contributed by atoms with Gasteiger partial charge in [-0.1, -0.05) is 6.07 Å². The third-order valence-electron chi connectivity index (χ3n) is 4.07. The fraction of sp³-hybridized carbons (Fsp3) is 0.588. The maximum absolute atomic E-state index is 13.2. The zero-order chi connectivity index (χ0) is 19.0. The van der Waals surface area contributed by atoms with Gasteiger partial charge in [-0.2, -0.15) is 0 Å². The summed E-state index contributed by atoms with van der Waals surface area (Å²) in [5, 5.41) is 6.36. The van der Waals surface area contributed by atoms with Gasteiger partial charge in [-0.05, 0) is 19.1 Å². The Morgan fingerprint density at radius 3 is 2.67 bits per heavy atom. The monoisotopic (exact) mass is 514 g/mol. The highest BCUT2D eigenvalue weighted by Gasteiger charge is 2.20. The lowest BCUT2D eigenvalue weighted by Gasteiger charge is -2.26. The van der Waals surface area contributed by atoms with Crippen molar-refractivity contribution in [1.82, 2.24) is 15.5 Å². The number of benzene rings is 1. The van der Waals surface area contributed by atoms with Crippen LogP contribution in [0.15, 0.2) is 29.3 Å². The van der Waals surface area contributed by atoms with Crippen LogP contribution in [0.1, 0.15) is 6.92 Å². The molecular weight excluding hydrogens is 486 g/mol. The fourth-order valence-corrected chi connectivity index (χ4v) is 3.86. The highest BCUT2D eigenvalue weighted by Crippen LogP contribution is 2.13. The van der Waals surface area contributed by atoms with Crippen molar-refractivity contribution in [3.63, 3.8) is 0 Å². The van der Waals surface area contributed by atoms with Crippen molar-refractivity contribution >= 4 is 39.8 Å². The summed E-state index contributed by atoms with van der Waals surface area (Å²) in [4.78, 5) is 6.27. The smallest absolute Gasteiger partial charge is 0.191 e. The zero-order valence-electron chi connectivity index (χ0n) is 15.7. The van der Waals surface area contributed by atoms with E-state index in [9.17, 15) is 12.8 Å². The Balaban J connectivity index is 0.00000364. The summed E-state index contributed by atoms with van der Waals surface area (Å²) in [6.45, 7) is 4.98. The Hall–Kier alpha value is -1.14. The number of halogens is 2. The Morgan fingerprint density at radius 2 is 2.04 bits per heavy atom. The molecule has 1 aliphatic rings. The van der Waals surface area contributed by atoms with Gasteiger partial charge in [-0.3, -0.25) is 9.89 Å². The summed E-state index contributed by atoms with van der Waals surface area (Å²) in [6.07, 6.45) is -0.164. The van der Waals surface area contributed by atoms with Crippen molar-refractivity contribution in [2.75, 3.05) is 51.3 Å². The number of rotatable bonds is 7. The van der Waals surface area contributed by atoms with Crippen LogP contribution in [0.3, 0.4) is 0 Å². The van der Waals surface area contributed by atoms with Crippen LogP contribution < -0.4 is 15.4 Å². The van der Waals surface area contributed by atoms with E-state index in [0.29, 0.717) is 37.9 Å². The zero-order valence-corrected chi connectivity index (χ0v) is 18.8. The topological polar surface area (TPSA) is 83.0 Å². The van der Waals surface area contributed by atoms with Crippen molar-refractivity contribution in [2.45, 2.75) is 13.0 Å². The minimum Gasteiger partial charge on any atom is -0.489 e. The average Bonchev–Trinajstić information content (AvgIpc) is 2.59. The van der Waals surface area contributed by atoms with Gasteiger partial charge < -0.3 is 15.4 Å². The van der Waals surface area contributed by atoms with Crippen molar-refractivity contribution in [1.29, 1.82) is 0 Å². The summed E-state index contributed by atoms with van der Waals surface area (Å²) in [6, 6.07) is 6.05. The third-order valence-corrected chi connectivity index (χ3v) is 5.68. The van der Waals surface area contributed by atoms with Crippen LogP contribution >= 0.6 is 24.0 Å². The molecule has 27 heavy (non-hydrogen) atoms. The number of nitrogens with one attached hydrogen (secondary N) is 2. The van der Waals surface area contributed by atoms with Gasteiger partial charge in [0.15, 0.2) is 15.8 Å². The van der Waals surface area contributed by atoms with E-state index in [1.54, 1.807) is 19.2 Å². The van der Waals surface area contributed by atoms with Gasteiger partial charge in [0.25, 0.3) is 0 Å². The van der Waals surface area contributed by atoms with Gasteiger partial charge >= 0.3 is 0 Å². The van der Waals surface area contributed by atoms with Gasteiger partial charge in [-0.15, -0.1) is 24.0 Å². The second kappa shape index (κ2) is 11.6. The molecule has 0 aliphatic carbocycles. The predicted octanol–water partition coefficient (Wildman–Crippen LogP) is 1.11. The molecule has 0 saturated carbocycles. The number of ether oxygens (including phenoxy) is 1. The van der Waals surface area contributed by atoms with Crippen LogP contribution in [-0.2, 0) is 9.84 Å². The highest BCUT2D eigenvalue weighted by atomic mass is 127. The highest BCUT2D eigenvalue weighted by molar-refractivity contribution is 14.0. The van der Waals surface area contributed by atoms with Gasteiger partial charge in [0.1, 0.15) is 17.7 Å². The van der Waals surface area contributed by atoms with Gasteiger partial charge in [0.2, 0.25) is 0 Å². The van der Waals surface area contributed by atoms with Gasteiger partial charge in [0, 0.05) is 39.3 Å². The van der Waals surface area contributed by atoms with Crippen LogP contribution in [0.25, 0.3) is 0 Å². The lowest BCUT2D eigenvalue weighted by molar-refractivity contribution is 0.223. The molecule has 0 aromatic heterocycles. The van der Waals surface area contributed by atoms with E-state index in [1.165, 1.54) is 12.1 Å². The largest absolute Gasteiger partial charge is 0.489 e. The first kappa shape index (κ1) is 23.9. The summed E-state index contributed by atoms with van der Waals surface area (Å²) < 4.78 is 41.7. The molecule has 0 spiro atoms. The van der Waals surface area contributed by atoms with E-state index in [1.807, 2.05) is 6.92 Å². The van der Waals surface area contributed by atoms with Gasteiger partial charge in [0.05, 0.1) is 18.1 Å². The number of guanidine groups is 1. The van der Waals surface area contributed by atoms with E-state index in [4.69, 9.17) is 4.74 Å². The van der Waals surface area contributed by atoms with Crippen molar-refractivity contribution in [3.8, 4) is 5.75 Å². The minimum absolute atomic E-state index is 0. The maximum Gasteiger partial charge on any atom is 0.191 e. The predicted molar refractivity (Wildman–Crippen MR) is 116 cm³/mol. The first-order valence-corrected chi connectivity index (χ1v) is 10.5. The second-order valence-electron chi connectivity index (χ2n) is 6.26. The molecule has 1 saturated heterocycles. The maximum atomic E-state index is 13.2. The molecule has 1 unspecified atom stereocenters. The molecule has 0 radical (unpaired) electrons. The number of hydrogen-bond donors (Lipinski definition) is 2. The Kier molecular flexibility index (Phi) is 10.3. The van der Waals surface area contributed by atoms with Crippen molar-refractivity contribution in [3.05, 3.63) is 30.1 Å². The molecule has 1 aromatic carbocycles. The van der Waals surface area contributed by atoms with E-state index in [0.717, 1.165) is 6.54 Å². The molecular formula is C17H28FIN4O3S. The average molecular weight is 514 g/mol. The molecule has 0 amide bonds. The molecule has 1 fully saturated rings. The summed E-state index contributed by atoms with van der Waals surface area (Å²) >= 11 is 0. The first-order valence-electron chi connectivity index (χ1n) is 8.67. The molecule has 0 bridgehead atoms. The van der Waals surface area contributed by atoms with Crippen LogP contribution in [0.5, 0.6) is 5.75 Å². The lowest BCUT2D eigenvalue weighted by atomic mass is 10.3. The molecule has 10 heteroatoms. The molecule has 1 aromatic rings. The van der Waals surface area contributed by atoms with Crippen LogP contribution in [0.4, 0.5) is 4.39 Å². The Bertz CT molecular complexity index is 704. The van der Waals surface area contributed by atoms with Crippen LogP contribution in [0, 0.1) is 5.82 Å². The Labute approximate surface area is 177 Å². The third kappa shape index (κ3) is 9.06. The number of hydrogen-bond acceptors (Lipinski definition) is 5. The molecule has 1 heterocycles. The SMILES string of the molecule is CN=C(NCCN1CCS(=O)(=O)CC1)NCC(C)Oc1cccc(F)c1.I. The number of nitrogens with zero attached hydrogens (tertiary/aromatic N) is 2. The lowest BCUT2D eigenvalue weighted by Crippen LogP contribution is -2.47.